The Bertz CT molecular complexity index is 931. The van der Waals surface area contributed by atoms with Gasteiger partial charge >= 0.3 is 6.03 Å². The molecule has 0 aliphatic carbocycles. The van der Waals surface area contributed by atoms with Gasteiger partial charge < -0.3 is 10.4 Å². The van der Waals surface area contributed by atoms with Gasteiger partial charge in [-0.15, -0.1) is 11.3 Å². The van der Waals surface area contributed by atoms with Crippen molar-refractivity contribution >= 4 is 47.2 Å². The first-order chi connectivity index (χ1) is 13.1. The second-order valence-electron chi connectivity index (χ2n) is 5.94. The number of aliphatic hydroxyl groups excluding tert-OH is 1. The molecule has 7 nitrogen and oxygen atoms in total. The predicted octanol–water partition coefficient (Wildman–Crippen LogP) is 3.80. The molecule has 0 atom stereocenters. The molecule has 2 N–H and O–H groups in total. The Labute approximate surface area is 167 Å². The number of fused-ring (bicyclic) bond motifs is 1. The van der Waals surface area contributed by atoms with Crippen LogP contribution in [0.2, 0.25) is 0 Å². The number of carbonyl (C=O) groups is 1. The second kappa shape index (κ2) is 9.12. The summed E-state index contributed by atoms with van der Waals surface area (Å²) in [6, 6.07) is 6.87. The molecule has 0 unspecified atom stereocenters. The molecule has 3 aromatic heterocycles. The minimum atomic E-state index is -0.323. The van der Waals surface area contributed by atoms with Gasteiger partial charge in [0.05, 0.1) is 17.7 Å². The van der Waals surface area contributed by atoms with Crippen LogP contribution in [0.3, 0.4) is 0 Å². The molecule has 0 aromatic carbocycles. The smallest absolute Gasteiger partial charge is 0.333 e. The number of nitrogens with one attached hydrogen (secondary N) is 1. The lowest BCUT2D eigenvalue weighted by Gasteiger charge is -2.15. The third-order valence-corrected chi connectivity index (χ3v) is 5.41. The van der Waals surface area contributed by atoms with Crippen LogP contribution in [0.4, 0.5) is 10.6 Å². The molecule has 9 heteroatoms. The van der Waals surface area contributed by atoms with Gasteiger partial charge in [-0.25, -0.2) is 19.1 Å². The van der Waals surface area contributed by atoms with E-state index in [1.807, 2.05) is 12.1 Å². The molecule has 142 valence electrons. The highest BCUT2D eigenvalue weighted by atomic mass is 32.1. The number of hydrogen-bond donors (Lipinski definition) is 3. The van der Waals surface area contributed by atoms with Gasteiger partial charge in [-0.3, -0.25) is 4.98 Å². The van der Waals surface area contributed by atoms with Gasteiger partial charge in [-0.2, -0.15) is 0 Å². The maximum Gasteiger partial charge on any atom is 0.333 e. The first kappa shape index (κ1) is 19.5. The van der Waals surface area contributed by atoms with Crippen molar-refractivity contribution in [2.24, 2.45) is 0 Å². The van der Waals surface area contributed by atoms with Crippen molar-refractivity contribution in [3.63, 3.8) is 0 Å². The number of thiol groups is 1. The van der Waals surface area contributed by atoms with Gasteiger partial charge in [0.25, 0.3) is 0 Å². The Morgan fingerprint density at radius 2 is 2.11 bits per heavy atom. The zero-order valence-corrected chi connectivity index (χ0v) is 16.6. The molecule has 0 bridgehead atoms. The molecule has 0 spiro atoms. The number of nitrogens with zero attached hydrogens (tertiary/aromatic N) is 4. The van der Waals surface area contributed by atoms with Crippen molar-refractivity contribution in [2.75, 3.05) is 10.8 Å². The van der Waals surface area contributed by atoms with E-state index >= 15 is 0 Å². The van der Waals surface area contributed by atoms with Gasteiger partial charge in [0.1, 0.15) is 17.0 Å². The molecule has 27 heavy (non-hydrogen) atoms. The van der Waals surface area contributed by atoms with E-state index < -0.39 is 0 Å². The lowest BCUT2D eigenvalue weighted by atomic mass is 10.2. The van der Waals surface area contributed by atoms with Crippen molar-refractivity contribution in [1.82, 2.24) is 20.3 Å². The number of hydrogen-bond acceptors (Lipinski definition) is 7. The summed E-state index contributed by atoms with van der Waals surface area (Å²) in [7, 11) is 0. The summed E-state index contributed by atoms with van der Waals surface area (Å²) in [6.07, 6.45) is 4.77. The largest absolute Gasteiger partial charge is 0.391 e. The predicted molar refractivity (Wildman–Crippen MR) is 111 cm³/mol. The normalized spacial score (nSPS) is 10.9. The number of anilines is 1. The lowest BCUT2D eigenvalue weighted by molar-refractivity contribution is 0.249. The van der Waals surface area contributed by atoms with Crippen molar-refractivity contribution in [3.05, 3.63) is 35.3 Å². The van der Waals surface area contributed by atoms with Gasteiger partial charge in [0.2, 0.25) is 0 Å². The zero-order chi connectivity index (χ0) is 19.2. The van der Waals surface area contributed by atoms with Crippen LogP contribution in [0.5, 0.6) is 0 Å². The van der Waals surface area contributed by atoms with Crippen LogP contribution < -0.4 is 9.62 Å². The van der Waals surface area contributed by atoms with E-state index in [4.69, 9.17) is 0 Å². The quantitative estimate of drug-likeness (QED) is 0.412. The number of urea groups is 1. The maximum absolute atomic E-state index is 12.2. The summed E-state index contributed by atoms with van der Waals surface area (Å²) in [4.78, 5) is 27.3. The van der Waals surface area contributed by atoms with Crippen LogP contribution in [-0.4, -0.2) is 32.6 Å². The first-order valence-corrected chi connectivity index (χ1v) is 9.94. The first-order valence-electron chi connectivity index (χ1n) is 8.73. The number of aromatic nitrogens is 3. The van der Waals surface area contributed by atoms with Gasteiger partial charge in [-0.1, -0.05) is 32.6 Å². The number of amides is 2. The molecule has 0 fully saturated rings. The fourth-order valence-corrected chi connectivity index (χ4v) is 3.48. The topological polar surface area (TPSA) is 91.2 Å². The number of unbranched alkanes of at least 4 members (excludes halogenated alkanes) is 2. The highest BCUT2D eigenvalue weighted by Gasteiger charge is 2.14. The summed E-state index contributed by atoms with van der Waals surface area (Å²) in [5.41, 5.74) is 1.74. The Hall–Kier alpha value is -2.23. The monoisotopic (exact) mass is 403 g/mol. The van der Waals surface area contributed by atoms with Crippen LogP contribution in [0.15, 0.2) is 30.5 Å². The van der Waals surface area contributed by atoms with Crippen LogP contribution in [0.25, 0.3) is 21.7 Å². The van der Waals surface area contributed by atoms with Crippen molar-refractivity contribution < 1.29 is 9.90 Å². The Kier molecular flexibility index (Phi) is 6.59. The van der Waals surface area contributed by atoms with Gasteiger partial charge in [0, 0.05) is 11.4 Å². The van der Waals surface area contributed by atoms with E-state index in [1.54, 1.807) is 18.3 Å². The fourth-order valence-electron chi connectivity index (χ4n) is 2.47. The number of thiophene rings is 1. The van der Waals surface area contributed by atoms with Crippen LogP contribution in [0, 0.1) is 0 Å². The molecule has 3 aromatic rings. The van der Waals surface area contributed by atoms with E-state index in [1.165, 1.54) is 15.6 Å². The minimum Gasteiger partial charge on any atom is -0.391 e. The Morgan fingerprint density at radius 3 is 2.85 bits per heavy atom. The second-order valence-corrected chi connectivity index (χ2v) is 7.51. The third-order valence-electron chi connectivity index (χ3n) is 3.93. The standard InChI is InChI=1S/C18H21N5O2S2/c1-2-3-4-9-19-18(25)23(26)16-8-6-13-17(22-16)21-14(10-20-13)15-7-5-12(11-24)27-15/h5-8,10,24,26H,2-4,9,11H2,1H3,(H,19,25). The molecule has 0 radical (unpaired) electrons. The van der Waals surface area contributed by atoms with Crippen molar-refractivity contribution in [1.29, 1.82) is 0 Å². The summed E-state index contributed by atoms with van der Waals surface area (Å²) in [5, 5.41) is 12.0. The number of rotatable bonds is 7. The van der Waals surface area contributed by atoms with Crippen LogP contribution in [0.1, 0.15) is 31.1 Å². The average Bonchev–Trinajstić information content (AvgIpc) is 3.19. The summed E-state index contributed by atoms with van der Waals surface area (Å²) in [5.74, 6) is 0.382. The van der Waals surface area contributed by atoms with Crippen molar-refractivity contribution in [3.8, 4) is 10.6 Å². The minimum absolute atomic E-state index is 0.00391. The molecule has 0 aliphatic rings. The Balaban J connectivity index is 1.79. The van der Waals surface area contributed by atoms with E-state index in [9.17, 15) is 9.90 Å². The van der Waals surface area contributed by atoms with E-state index in [-0.39, 0.29) is 12.6 Å². The average molecular weight is 404 g/mol. The van der Waals surface area contributed by atoms with Gasteiger partial charge in [0.15, 0.2) is 5.65 Å². The number of aliphatic hydroxyl groups is 1. The number of pyridine rings is 1. The molecule has 3 rings (SSSR count). The highest BCUT2D eigenvalue weighted by molar-refractivity contribution is 7.82. The molecule has 0 saturated carbocycles. The summed E-state index contributed by atoms with van der Waals surface area (Å²) >= 11 is 5.71. The highest BCUT2D eigenvalue weighted by Crippen LogP contribution is 2.27. The van der Waals surface area contributed by atoms with E-state index in [0.717, 1.165) is 29.0 Å². The van der Waals surface area contributed by atoms with Crippen LogP contribution in [-0.2, 0) is 6.61 Å². The summed E-state index contributed by atoms with van der Waals surface area (Å²) < 4.78 is 1.18. The molecule has 0 saturated heterocycles. The lowest BCUT2D eigenvalue weighted by Crippen LogP contribution is -2.35. The number of carbonyl (C=O) groups excluding carboxylic acids is 1. The molecular formula is C18H21N5O2S2. The van der Waals surface area contributed by atoms with E-state index in [0.29, 0.717) is 29.2 Å². The summed E-state index contributed by atoms with van der Waals surface area (Å²) in [6.45, 7) is 2.71. The maximum atomic E-state index is 12.2. The molecule has 3 heterocycles. The third kappa shape index (κ3) is 4.74. The van der Waals surface area contributed by atoms with E-state index in [2.05, 4.69) is 40.0 Å². The molecule has 2 amide bonds. The fraction of sp³-hybridized carbons (Fsp3) is 0.333. The SMILES string of the molecule is CCCCCNC(=O)N(S)c1ccc2ncc(-c3ccc(CO)s3)nc2n1. The zero-order valence-electron chi connectivity index (χ0n) is 14.9. The van der Waals surface area contributed by atoms with Gasteiger partial charge in [-0.05, 0) is 30.7 Å². The van der Waals surface area contributed by atoms with Crippen molar-refractivity contribution in [2.45, 2.75) is 32.8 Å². The Morgan fingerprint density at radius 1 is 1.26 bits per heavy atom. The van der Waals surface area contributed by atoms with Crippen LogP contribution >= 0.6 is 24.2 Å². The molecule has 0 aliphatic heterocycles. The molecular weight excluding hydrogens is 382 g/mol.